The van der Waals surface area contributed by atoms with Crippen LogP contribution in [0.2, 0.25) is 0 Å². The van der Waals surface area contributed by atoms with Crippen LogP contribution in [-0.2, 0) is 0 Å². The second kappa shape index (κ2) is 10.1. The Morgan fingerprint density at radius 1 is 1.16 bits per heavy atom. The van der Waals surface area contributed by atoms with Gasteiger partial charge < -0.3 is 26.0 Å². The van der Waals surface area contributed by atoms with Gasteiger partial charge in [0.05, 0.1) is 7.11 Å². The van der Waals surface area contributed by atoms with Gasteiger partial charge in [-0.15, -0.1) is 0 Å². The molecule has 4 N–H and O–H groups in total. The van der Waals surface area contributed by atoms with E-state index in [0.29, 0.717) is 36.1 Å². The van der Waals surface area contributed by atoms with Gasteiger partial charge in [0.1, 0.15) is 0 Å². The SMILES string of the molecule is COc1ccc(N(CC2CCCCC2)c2nc(N)nc(NCC3CCCN3)n2)cc1F. The van der Waals surface area contributed by atoms with Gasteiger partial charge in [0.25, 0.3) is 0 Å². The highest BCUT2D eigenvalue weighted by atomic mass is 19.1. The van der Waals surface area contributed by atoms with E-state index >= 15 is 0 Å². The lowest BCUT2D eigenvalue weighted by Gasteiger charge is -2.30. The number of methoxy groups -OCH3 is 1. The summed E-state index contributed by atoms with van der Waals surface area (Å²) in [5, 5.41) is 6.73. The molecule has 8 nitrogen and oxygen atoms in total. The van der Waals surface area contributed by atoms with Gasteiger partial charge in [-0.25, -0.2) is 4.39 Å². The summed E-state index contributed by atoms with van der Waals surface area (Å²) in [6.45, 7) is 2.47. The number of nitrogens with two attached hydrogens (primary N) is 1. The van der Waals surface area contributed by atoms with E-state index in [-0.39, 0.29) is 11.7 Å². The van der Waals surface area contributed by atoms with Crippen molar-refractivity contribution in [3.63, 3.8) is 0 Å². The second-order valence-electron chi connectivity index (χ2n) is 8.42. The van der Waals surface area contributed by atoms with Crippen LogP contribution >= 0.6 is 0 Å². The summed E-state index contributed by atoms with van der Waals surface area (Å²) < 4.78 is 19.6. The van der Waals surface area contributed by atoms with Crippen molar-refractivity contribution in [2.45, 2.75) is 51.0 Å². The van der Waals surface area contributed by atoms with Gasteiger partial charge in [-0.05, 0) is 50.3 Å². The molecule has 1 aromatic heterocycles. The number of halogens is 1. The van der Waals surface area contributed by atoms with Crippen molar-refractivity contribution in [1.82, 2.24) is 20.3 Å². The van der Waals surface area contributed by atoms with Crippen molar-refractivity contribution < 1.29 is 9.13 Å². The first-order valence-corrected chi connectivity index (χ1v) is 11.2. The minimum atomic E-state index is -0.415. The number of nitrogens with one attached hydrogen (secondary N) is 2. The monoisotopic (exact) mass is 429 g/mol. The molecule has 9 heteroatoms. The standard InChI is InChI=1S/C22H32FN7O/c1-31-19-10-9-17(12-18(19)23)30(14-15-6-3-2-4-7-15)22-28-20(24)27-21(29-22)26-13-16-8-5-11-25-16/h9-10,12,15-16,25H,2-8,11,13-14H2,1H3,(H3,24,26,27,28,29). The molecule has 1 aliphatic heterocycles. The Kier molecular flexibility index (Phi) is 7.01. The predicted molar refractivity (Wildman–Crippen MR) is 120 cm³/mol. The van der Waals surface area contributed by atoms with Gasteiger partial charge in [0.15, 0.2) is 11.6 Å². The first kappa shape index (κ1) is 21.5. The topological polar surface area (TPSA) is 101 Å². The fraction of sp³-hybridized carbons (Fsp3) is 0.591. The van der Waals surface area contributed by atoms with E-state index in [4.69, 9.17) is 10.5 Å². The van der Waals surface area contributed by atoms with Crippen molar-refractivity contribution in [1.29, 1.82) is 0 Å². The fourth-order valence-corrected chi connectivity index (χ4v) is 4.48. The molecule has 1 unspecified atom stereocenters. The number of hydrogen-bond acceptors (Lipinski definition) is 8. The third-order valence-corrected chi connectivity index (χ3v) is 6.16. The summed E-state index contributed by atoms with van der Waals surface area (Å²) in [6.07, 6.45) is 8.30. The Bertz CT molecular complexity index is 869. The van der Waals surface area contributed by atoms with E-state index in [1.807, 2.05) is 11.0 Å². The number of aromatic nitrogens is 3. The van der Waals surface area contributed by atoms with Gasteiger partial charge in [0, 0.05) is 30.9 Å². The lowest BCUT2D eigenvalue weighted by atomic mass is 9.89. The number of anilines is 4. The van der Waals surface area contributed by atoms with Crippen molar-refractivity contribution in [2.75, 3.05) is 42.7 Å². The molecule has 0 amide bonds. The van der Waals surface area contributed by atoms with Crippen molar-refractivity contribution in [2.24, 2.45) is 5.92 Å². The Labute approximate surface area is 182 Å². The molecule has 2 fully saturated rings. The second-order valence-corrected chi connectivity index (χ2v) is 8.42. The average molecular weight is 430 g/mol. The minimum absolute atomic E-state index is 0.148. The lowest BCUT2D eigenvalue weighted by Crippen LogP contribution is -2.31. The van der Waals surface area contributed by atoms with E-state index in [0.717, 1.165) is 32.4 Å². The van der Waals surface area contributed by atoms with E-state index in [1.165, 1.54) is 38.9 Å². The molecular formula is C22H32FN7O. The first-order valence-electron chi connectivity index (χ1n) is 11.2. The molecule has 1 saturated heterocycles. The Morgan fingerprint density at radius 2 is 2.00 bits per heavy atom. The van der Waals surface area contributed by atoms with Gasteiger partial charge in [-0.2, -0.15) is 15.0 Å². The maximum atomic E-state index is 14.5. The smallest absolute Gasteiger partial charge is 0.236 e. The van der Waals surface area contributed by atoms with Crippen molar-refractivity contribution >= 4 is 23.5 Å². The molecule has 1 saturated carbocycles. The molecule has 4 rings (SSSR count). The molecule has 0 spiro atoms. The number of ether oxygens (including phenoxy) is 1. The van der Waals surface area contributed by atoms with Gasteiger partial charge in [0.2, 0.25) is 17.8 Å². The zero-order chi connectivity index (χ0) is 21.6. The van der Waals surface area contributed by atoms with E-state index in [9.17, 15) is 4.39 Å². The summed E-state index contributed by atoms with van der Waals surface area (Å²) in [5.74, 6) is 1.32. The Balaban J connectivity index is 1.60. The molecule has 31 heavy (non-hydrogen) atoms. The van der Waals surface area contributed by atoms with Gasteiger partial charge >= 0.3 is 0 Å². The van der Waals surface area contributed by atoms with Crippen LogP contribution in [0.3, 0.4) is 0 Å². The number of hydrogen-bond donors (Lipinski definition) is 3. The number of benzene rings is 1. The molecule has 2 aliphatic rings. The Morgan fingerprint density at radius 3 is 2.71 bits per heavy atom. The highest BCUT2D eigenvalue weighted by Crippen LogP contribution is 2.32. The van der Waals surface area contributed by atoms with Crippen LogP contribution in [0.1, 0.15) is 44.9 Å². The quantitative estimate of drug-likeness (QED) is 0.586. The first-order chi connectivity index (χ1) is 15.1. The highest BCUT2D eigenvalue weighted by molar-refractivity contribution is 5.60. The molecule has 1 aromatic carbocycles. The number of nitrogen functional groups attached to an aromatic ring is 1. The molecule has 168 valence electrons. The molecule has 2 heterocycles. The number of nitrogens with zero attached hydrogens (tertiary/aromatic N) is 4. The van der Waals surface area contributed by atoms with Gasteiger partial charge in [-0.1, -0.05) is 19.3 Å². The average Bonchev–Trinajstić information content (AvgIpc) is 3.30. The summed E-state index contributed by atoms with van der Waals surface area (Å²) >= 11 is 0. The molecule has 0 bridgehead atoms. The van der Waals surface area contributed by atoms with E-state index in [2.05, 4.69) is 25.6 Å². The van der Waals surface area contributed by atoms with Crippen LogP contribution in [0.15, 0.2) is 18.2 Å². The summed E-state index contributed by atoms with van der Waals surface area (Å²) in [6, 6.07) is 5.33. The largest absolute Gasteiger partial charge is 0.494 e. The van der Waals surface area contributed by atoms with Crippen LogP contribution in [-0.4, -0.2) is 47.7 Å². The lowest BCUT2D eigenvalue weighted by molar-refractivity contribution is 0.363. The van der Waals surface area contributed by atoms with Crippen LogP contribution in [0.4, 0.5) is 27.9 Å². The van der Waals surface area contributed by atoms with Crippen LogP contribution in [0, 0.1) is 11.7 Å². The number of rotatable bonds is 8. The van der Waals surface area contributed by atoms with Crippen LogP contribution < -0.4 is 26.0 Å². The van der Waals surface area contributed by atoms with E-state index < -0.39 is 5.82 Å². The summed E-state index contributed by atoms with van der Waals surface area (Å²) in [5.41, 5.74) is 6.71. The molecule has 0 radical (unpaired) electrons. The van der Waals surface area contributed by atoms with Crippen molar-refractivity contribution in [3.05, 3.63) is 24.0 Å². The van der Waals surface area contributed by atoms with Crippen LogP contribution in [0.25, 0.3) is 0 Å². The summed E-state index contributed by atoms with van der Waals surface area (Å²) in [7, 11) is 1.46. The van der Waals surface area contributed by atoms with Crippen LogP contribution in [0.5, 0.6) is 5.75 Å². The molecular weight excluding hydrogens is 397 g/mol. The van der Waals surface area contributed by atoms with Crippen molar-refractivity contribution in [3.8, 4) is 5.75 Å². The molecule has 1 aliphatic carbocycles. The normalized spacial score (nSPS) is 19.4. The third-order valence-electron chi connectivity index (χ3n) is 6.16. The van der Waals surface area contributed by atoms with E-state index in [1.54, 1.807) is 6.07 Å². The maximum absolute atomic E-state index is 14.5. The fourth-order valence-electron chi connectivity index (χ4n) is 4.48. The minimum Gasteiger partial charge on any atom is -0.494 e. The predicted octanol–water partition coefficient (Wildman–Crippen LogP) is 3.48. The Hall–Kier alpha value is -2.68. The third kappa shape index (κ3) is 5.52. The maximum Gasteiger partial charge on any atom is 0.236 e. The molecule has 2 aromatic rings. The molecule has 1 atom stereocenters. The highest BCUT2D eigenvalue weighted by Gasteiger charge is 2.23. The van der Waals surface area contributed by atoms with Gasteiger partial charge in [-0.3, -0.25) is 0 Å². The zero-order valence-electron chi connectivity index (χ0n) is 18.1. The zero-order valence-corrected chi connectivity index (χ0v) is 18.1. The summed E-state index contributed by atoms with van der Waals surface area (Å²) in [4.78, 5) is 15.3.